The van der Waals surface area contributed by atoms with E-state index in [2.05, 4.69) is 5.32 Å². The van der Waals surface area contributed by atoms with Crippen LogP contribution >= 0.6 is 0 Å². The minimum absolute atomic E-state index is 0.135. The van der Waals surface area contributed by atoms with Gasteiger partial charge in [-0.1, -0.05) is 24.3 Å². The zero-order valence-electron chi connectivity index (χ0n) is 16.3. The Morgan fingerprint density at radius 1 is 1.10 bits per heavy atom. The summed E-state index contributed by atoms with van der Waals surface area (Å²) in [6, 6.07) is 14.1. The van der Waals surface area contributed by atoms with Crippen molar-refractivity contribution in [3.05, 3.63) is 65.2 Å². The Hall–Kier alpha value is -2.87. The van der Waals surface area contributed by atoms with Gasteiger partial charge in [0.05, 0.1) is 17.0 Å². The number of amides is 1. The van der Waals surface area contributed by atoms with E-state index in [0.717, 1.165) is 5.56 Å². The highest BCUT2D eigenvalue weighted by atomic mass is 32.2. The molecule has 0 radical (unpaired) electrons. The van der Waals surface area contributed by atoms with Crippen LogP contribution in [-0.4, -0.2) is 45.7 Å². The minimum Gasteiger partial charge on any atom is -0.452 e. The molecule has 1 aliphatic rings. The van der Waals surface area contributed by atoms with Crippen molar-refractivity contribution in [1.82, 2.24) is 5.32 Å². The quantitative estimate of drug-likeness (QED) is 0.698. The van der Waals surface area contributed by atoms with E-state index in [1.54, 1.807) is 12.1 Å². The van der Waals surface area contributed by atoms with Crippen LogP contribution in [0.5, 0.6) is 0 Å². The van der Waals surface area contributed by atoms with Gasteiger partial charge in [0.1, 0.15) is 0 Å². The van der Waals surface area contributed by atoms with Crippen LogP contribution in [0, 0.1) is 6.92 Å². The third-order valence-electron chi connectivity index (χ3n) is 4.80. The number of carbonyl (C=O) groups excluding carboxylic acids is 2. The summed E-state index contributed by atoms with van der Waals surface area (Å²) in [6.45, 7) is 2.55. The number of sulfonamides is 1. The van der Waals surface area contributed by atoms with Gasteiger partial charge in [-0.15, -0.1) is 0 Å². The fraction of sp³-hybridized carbons (Fsp3) is 0.333. The van der Waals surface area contributed by atoms with E-state index in [1.165, 1.54) is 22.0 Å². The summed E-state index contributed by atoms with van der Waals surface area (Å²) in [4.78, 5) is 24.0. The highest BCUT2D eigenvalue weighted by Crippen LogP contribution is 2.24. The molecule has 3 rings (SSSR count). The predicted molar refractivity (Wildman–Crippen MR) is 110 cm³/mol. The van der Waals surface area contributed by atoms with Crippen molar-refractivity contribution in [2.75, 3.05) is 29.8 Å². The van der Waals surface area contributed by atoms with Gasteiger partial charge in [-0.25, -0.2) is 13.2 Å². The number of esters is 1. The lowest BCUT2D eigenvalue weighted by Gasteiger charge is -2.16. The van der Waals surface area contributed by atoms with Crippen LogP contribution in [0.2, 0.25) is 0 Å². The lowest BCUT2D eigenvalue weighted by molar-refractivity contribution is -0.124. The van der Waals surface area contributed by atoms with Crippen molar-refractivity contribution in [2.45, 2.75) is 19.8 Å². The molecule has 0 unspecified atom stereocenters. The number of nitrogens with zero attached hydrogens (tertiary/aromatic N) is 1. The number of carbonyl (C=O) groups is 2. The average Bonchev–Trinajstić information content (AvgIpc) is 3.06. The average molecular weight is 416 g/mol. The summed E-state index contributed by atoms with van der Waals surface area (Å²) < 4.78 is 30.3. The summed E-state index contributed by atoms with van der Waals surface area (Å²) >= 11 is 0. The van der Waals surface area contributed by atoms with Crippen LogP contribution in [0.15, 0.2) is 48.5 Å². The Morgan fingerprint density at radius 2 is 1.83 bits per heavy atom. The van der Waals surface area contributed by atoms with Crippen LogP contribution in [0.4, 0.5) is 5.69 Å². The normalized spacial score (nSPS) is 15.1. The van der Waals surface area contributed by atoms with Gasteiger partial charge in [0, 0.05) is 13.1 Å². The zero-order valence-corrected chi connectivity index (χ0v) is 17.1. The molecule has 29 heavy (non-hydrogen) atoms. The molecule has 0 aromatic heterocycles. The molecule has 1 saturated heterocycles. The molecule has 1 amide bonds. The maximum Gasteiger partial charge on any atom is 0.338 e. The van der Waals surface area contributed by atoms with Gasteiger partial charge in [-0.2, -0.15) is 0 Å². The lowest BCUT2D eigenvalue weighted by atomic mass is 10.1. The molecule has 1 heterocycles. The van der Waals surface area contributed by atoms with Gasteiger partial charge in [0.2, 0.25) is 10.0 Å². The van der Waals surface area contributed by atoms with E-state index >= 15 is 0 Å². The molecule has 7 nitrogen and oxygen atoms in total. The molecule has 2 aromatic rings. The maximum atomic E-state index is 12.1. The fourth-order valence-electron chi connectivity index (χ4n) is 3.19. The third kappa shape index (κ3) is 5.35. The highest BCUT2D eigenvalue weighted by molar-refractivity contribution is 7.93. The molecule has 1 fully saturated rings. The lowest BCUT2D eigenvalue weighted by Crippen LogP contribution is -2.30. The first-order valence-electron chi connectivity index (χ1n) is 9.45. The number of rotatable bonds is 7. The second kappa shape index (κ2) is 9.09. The Balaban J connectivity index is 1.45. The standard InChI is InChI=1S/C21H24N2O5S/c1-16-5-2-3-6-17(16)11-12-22-20(24)15-28-21(25)18-7-9-19(10-8-18)23-13-4-14-29(23,26)27/h2-3,5-10H,4,11-15H2,1H3,(H,22,24). The second-order valence-corrected chi connectivity index (χ2v) is 8.90. The van der Waals surface area contributed by atoms with Crippen molar-refractivity contribution >= 4 is 27.6 Å². The summed E-state index contributed by atoms with van der Waals surface area (Å²) in [5.41, 5.74) is 3.11. The van der Waals surface area contributed by atoms with Gasteiger partial charge in [0.25, 0.3) is 5.91 Å². The predicted octanol–water partition coefficient (Wildman–Crippen LogP) is 2.05. The van der Waals surface area contributed by atoms with E-state index in [9.17, 15) is 18.0 Å². The van der Waals surface area contributed by atoms with Gasteiger partial charge in [0.15, 0.2) is 6.61 Å². The van der Waals surface area contributed by atoms with Crippen molar-refractivity contribution in [3.8, 4) is 0 Å². The summed E-state index contributed by atoms with van der Waals surface area (Å²) in [6.07, 6.45) is 1.29. The van der Waals surface area contributed by atoms with Gasteiger partial charge in [-0.3, -0.25) is 9.10 Å². The number of ether oxygens (including phenoxy) is 1. The summed E-state index contributed by atoms with van der Waals surface area (Å²) in [5, 5.41) is 2.73. The number of nitrogens with one attached hydrogen (secondary N) is 1. The van der Waals surface area contributed by atoms with Crippen molar-refractivity contribution < 1.29 is 22.7 Å². The molecule has 0 saturated carbocycles. The van der Waals surface area contributed by atoms with Crippen LogP contribution < -0.4 is 9.62 Å². The maximum absolute atomic E-state index is 12.1. The van der Waals surface area contributed by atoms with Crippen molar-refractivity contribution in [3.63, 3.8) is 0 Å². The Morgan fingerprint density at radius 3 is 2.48 bits per heavy atom. The van der Waals surface area contributed by atoms with E-state index in [1.807, 2.05) is 31.2 Å². The van der Waals surface area contributed by atoms with Crippen LogP contribution in [-0.2, 0) is 26.0 Å². The molecule has 154 valence electrons. The number of hydrogen-bond donors (Lipinski definition) is 1. The van der Waals surface area contributed by atoms with Crippen molar-refractivity contribution in [1.29, 1.82) is 0 Å². The van der Waals surface area contributed by atoms with Crippen LogP contribution in [0.25, 0.3) is 0 Å². The van der Waals surface area contributed by atoms with Gasteiger partial charge in [-0.05, 0) is 55.2 Å². The largest absolute Gasteiger partial charge is 0.452 e. The first-order chi connectivity index (χ1) is 13.9. The molecule has 1 N–H and O–H groups in total. The minimum atomic E-state index is -3.26. The smallest absolute Gasteiger partial charge is 0.338 e. The molecule has 0 bridgehead atoms. The number of hydrogen-bond acceptors (Lipinski definition) is 5. The van der Waals surface area contributed by atoms with Gasteiger partial charge < -0.3 is 10.1 Å². The Kier molecular flexibility index (Phi) is 6.53. The van der Waals surface area contributed by atoms with Crippen molar-refractivity contribution in [2.24, 2.45) is 0 Å². The molecule has 0 spiro atoms. The summed E-state index contributed by atoms with van der Waals surface area (Å²) in [5.74, 6) is -0.864. The van der Waals surface area contributed by atoms with Crippen LogP contribution in [0.3, 0.4) is 0 Å². The Labute approximate surface area is 170 Å². The zero-order chi connectivity index (χ0) is 20.9. The first kappa shape index (κ1) is 20.9. The molecule has 1 aliphatic heterocycles. The number of benzene rings is 2. The third-order valence-corrected chi connectivity index (χ3v) is 6.67. The number of anilines is 1. The van der Waals surface area contributed by atoms with E-state index < -0.39 is 16.0 Å². The number of aryl methyl sites for hydroxylation is 1. The molecule has 0 aliphatic carbocycles. The highest BCUT2D eigenvalue weighted by Gasteiger charge is 2.28. The topological polar surface area (TPSA) is 92.8 Å². The van der Waals surface area contributed by atoms with Gasteiger partial charge >= 0.3 is 5.97 Å². The molecule has 2 aromatic carbocycles. The molecular formula is C21H24N2O5S. The second-order valence-electron chi connectivity index (χ2n) is 6.89. The molecular weight excluding hydrogens is 392 g/mol. The Bertz CT molecular complexity index is 986. The van der Waals surface area contributed by atoms with Crippen LogP contribution in [0.1, 0.15) is 27.9 Å². The SMILES string of the molecule is Cc1ccccc1CCNC(=O)COC(=O)c1ccc(N2CCCS2(=O)=O)cc1. The molecule has 0 atom stereocenters. The molecule has 8 heteroatoms. The summed E-state index contributed by atoms with van der Waals surface area (Å²) in [7, 11) is -3.26. The van der Waals surface area contributed by atoms with E-state index in [4.69, 9.17) is 4.74 Å². The monoisotopic (exact) mass is 416 g/mol. The fourth-order valence-corrected chi connectivity index (χ4v) is 4.75. The first-order valence-corrected chi connectivity index (χ1v) is 11.1. The van der Waals surface area contributed by atoms with E-state index in [0.29, 0.717) is 31.6 Å². The van der Waals surface area contributed by atoms with E-state index in [-0.39, 0.29) is 23.8 Å².